The summed E-state index contributed by atoms with van der Waals surface area (Å²) >= 11 is 0. The number of hydrogen-bond acceptors (Lipinski definition) is 1. The first-order valence-electron chi connectivity index (χ1n) is 6.31. The van der Waals surface area contributed by atoms with Gasteiger partial charge in [-0.3, -0.25) is 4.79 Å². The Bertz CT molecular complexity index is 632. The highest BCUT2D eigenvalue weighted by atomic mass is 16.1. The fourth-order valence-electron chi connectivity index (χ4n) is 2.08. The van der Waals surface area contributed by atoms with Crippen LogP contribution in [-0.2, 0) is 17.6 Å². The van der Waals surface area contributed by atoms with E-state index in [1.54, 1.807) is 0 Å². The van der Waals surface area contributed by atoms with Crippen LogP contribution in [0.5, 0.6) is 0 Å². The van der Waals surface area contributed by atoms with Gasteiger partial charge in [0, 0.05) is 18.4 Å². The van der Waals surface area contributed by atoms with Crippen molar-refractivity contribution in [3.8, 4) is 12.3 Å². The molecular formula is C18H16O. The fourth-order valence-corrected chi connectivity index (χ4v) is 2.08. The number of carbonyl (C=O) groups excluding carboxylic acids is 1. The molecule has 0 atom stereocenters. The largest absolute Gasteiger partial charge is 0.299 e. The van der Waals surface area contributed by atoms with Gasteiger partial charge in [-0.2, -0.15) is 0 Å². The Kier molecular flexibility index (Phi) is 4.15. The van der Waals surface area contributed by atoms with Crippen molar-refractivity contribution in [3.05, 3.63) is 70.8 Å². The van der Waals surface area contributed by atoms with Gasteiger partial charge in [0.25, 0.3) is 0 Å². The molecule has 19 heavy (non-hydrogen) atoms. The maximum Gasteiger partial charge on any atom is 0.141 e. The van der Waals surface area contributed by atoms with E-state index in [0.29, 0.717) is 12.8 Å². The summed E-state index contributed by atoms with van der Waals surface area (Å²) in [7, 11) is 0. The van der Waals surface area contributed by atoms with E-state index in [0.717, 1.165) is 22.3 Å². The molecular weight excluding hydrogens is 232 g/mol. The van der Waals surface area contributed by atoms with Crippen LogP contribution in [0.25, 0.3) is 0 Å². The minimum atomic E-state index is 0.212. The highest BCUT2D eigenvalue weighted by Gasteiger charge is 2.07. The summed E-state index contributed by atoms with van der Waals surface area (Å²) in [4.78, 5) is 12.1. The van der Waals surface area contributed by atoms with Crippen LogP contribution in [-0.4, -0.2) is 5.78 Å². The molecule has 0 fully saturated rings. The van der Waals surface area contributed by atoms with E-state index >= 15 is 0 Å². The van der Waals surface area contributed by atoms with Crippen LogP contribution in [0.4, 0.5) is 0 Å². The topological polar surface area (TPSA) is 17.1 Å². The molecule has 2 rings (SSSR count). The van der Waals surface area contributed by atoms with Crippen LogP contribution in [0.15, 0.2) is 48.5 Å². The molecule has 0 saturated heterocycles. The number of Topliss-reactive ketones (excluding diaryl/α,β-unsaturated/α-hetero) is 1. The molecule has 0 amide bonds. The molecule has 0 aliphatic carbocycles. The highest BCUT2D eigenvalue weighted by molar-refractivity contribution is 5.83. The lowest BCUT2D eigenvalue weighted by atomic mass is 9.99. The molecule has 0 saturated carbocycles. The fraction of sp³-hybridized carbons (Fsp3) is 0.167. The second-order valence-electron chi connectivity index (χ2n) is 4.66. The number of hydrogen-bond donors (Lipinski definition) is 0. The van der Waals surface area contributed by atoms with Gasteiger partial charge >= 0.3 is 0 Å². The number of carbonyl (C=O) groups is 1. The molecule has 1 nitrogen and oxygen atoms in total. The average molecular weight is 248 g/mol. The van der Waals surface area contributed by atoms with Crippen molar-refractivity contribution in [2.45, 2.75) is 19.8 Å². The first-order chi connectivity index (χ1) is 9.19. The molecule has 0 radical (unpaired) electrons. The summed E-state index contributed by atoms with van der Waals surface area (Å²) in [5.74, 6) is 2.80. The van der Waals surface area contributed by atoms with Crippen LogP contribution in [0.3, 0.4) is 0 Å². The Balaban J connectivity index is 2.06. The third kappa shape index (κ3) is 3.56. The molecule has 0 bridgehead atoms. The van der Waals surface area contributed by atoms with Crippen LogP contribution in [0, 0.1) is 19.3 Å². The van der Waals surface area contributed by atoms with Crippen molar-refractivity contribution < 1.29 is 4.79 Å². The van der Waals surface area contributed by atoms with Crippen LogP contribution in [0.2, 0.25) is 0 Å². The standard InChI is InChI=1S/C18H16O/c1-3-15-8-6-9-16(11-15)12-18(19)13-17-10-5-4-7-14(17)2/h1,4-11H,12-13H2,2H3. The van der Waals surface area contributed by atoms with Gasteiger partial charge in [-0.1, -0.05) is 42.3 Å². The zero-order valence-corrected chi connectivity index (χ0v) is 11.0. The summed E-state index contributed by atoms with van der Waals surface area (Å²) in [6.45, 7) is 2.03. The zero-order chi connectivity index (χ0) is 13.7. The van der Waals surface area contributed by atoms with Gasteiger partial charge < -0.3 is 0 Å². The van der Waals surface area contributed by atoms with Gasteiger partial charge in [0.2, 0.25) is 0 Å². The number of benzene rings is 2. The van der Waals surface area contributed by atoms with E-state index in [2.05, 4.69) is 5.92 Å². The molecule has 0 spiro atoms. The first-order valence-corrected chi connectivity index (χ1v) is 6.31. The molecule has 0 heterocycles. The molecule has 0 aliphatic heterocycles. The second-order valence-corrected chi connectivity index (χ2v) is 4.66. The lowest BCUT2D eigenvalue weighted by Crippen LogP contribution is -2.07. The van der Waals surface area contributed by atoms with Crippen LogP contribution in [0.1, 0.15) is 22.3 Å². The van der Waals surface area contributed by atoms with E-state index in [9.17, 15) is 4.79 Å². The molecule has 0 aromatic heterocycles. The van der Waals surface area contributed by atoms with Gasteiger partial charge in [0.1, 0.15) is 5.78 Å². The van der Waals surface area contributed by atoms with E-state index in [4.69, 9.17) is 6.42 Å². The van der Waals surface area contributed by atoms with E-state index < -0.39 is 0 Å². The van der Waals surface area contributed by atoms with E-state index in [1.165, 1.54) is 0 Å². The number of aryl methyl sites for hydroxylation is 1. The summed E-state index contributed by atoms with van der Waals surface area (Å²) in [6.07, 6.45) is 6.27. The van der Waals surface area contributed by atoms with Crippen LogP contribution >= 0.6 is 0 Å². The Labute approximate surface area is 114 Å². The molecule has 1 heteroatoms. The maximum atomic E-state index is 12.1. The minimum Gasteiger partial charge on any atom is -0.299 e. The number of ketones is 1. The Hall–Kier alpha value is -2.33. The maximum absolute atomic E-state index is 12.1. The molecule has 94 valence electrons. The van der Waals surface area contributed by atoms with Crippen LogP contribution < -0.4 is 0 Å². The molecule has 0 unspecified atom stereocenters. The van der Waals surface area contributed by atoms with Crippen molar-refractivity contribution in [2.24, 2.45) is 0 Å². The van der Waals surface area contributed by atoms with Crippen molar-refractivity contribution in [2.75, 3.05) is 0 Å². The van der Waals surface area contributed by atoms with Crippen molar-refractivity contribution in [3.63, 3.8) is 0 Å². The Morgan fingerprint density at radius 3 is 2.63 bits per heavy atom. The van der Waals surface area contributed by atoms with Gasteiger partial charge in [-0.25, -0.2) is 0 Å². The van der Waals surface area contributed by atoms with E-state index in [1.807, 2.05) is 55.5 Å². The van der Waals surface area contributed by atoms with Gasteiger partial charge in [-0.15, -0.1) is 6.42 Å². The predicted octanol–water partition coefficient (Wildman–Crippen LogP) is 3.33. The quantitative estimate of drug-likeness (QED) is 0.758. The summed E-state index contributed by atoms with van der Waals surface area (Å²) in [5, 5.41) is 0. The lowest BCUT2D eigenvalue weighted by molar-refractivity contribution is -0.117. The lowest BCUT2D eigenvalue weighted by Gasteiger charge is -2.05. The average Bonchev–Trinajstić information content (AvgIpc) is 2.41. The Morgan fingerprint density at radius 2 is 1.89 bits per heavy atom. The van der Waals surface area contributed by atoms with E-state index in [-0.39, 0.29) is 5.78 Å². The highest BCUT2D eigenvalue weighted by Crippen LogP contribution is 2.11. The minimum absolute atomic E-state index is 0.212. The van der Waals surface area contributed by atoms with Gasteiger partial charge in [0.15, 0.2) is 0 Å². The van der Waals surface area contributed by atoms with Gasteiger partial charge in [-0.05, 0) is 35.7 Å². The monoisotopic (exact) mass is 248 g/mol. The molecule has 2 aromatic rings. The first kappa shape index (κ1) is 13.1. The normalized spacial score (nSPS) is 9.89. The number of rotatable bonds is 4. The third-order valence-electron chi connectivity index (χ3n) is 3.14. The SMILES string of the molecule is C#Cc1cccc(CC(=O)Cc2ccccc2C)c1. The van der Waals surface area contributed by atoms with Crippen molar-refractivity contribution in [1.29, 1.82) is 0 Å². The second kappa shape index (κ2) is 6.02. The van der Waals surface area contributed by atoms with Gasteiger partial charge in [0.05, 0.1) is 0 Å². The third-order valence-corrected chi connectivity index (χ3v) is 3.14. The molecule has 0 aliphatic rings. The van der Waals surface area contributed by atoms with Crippen molar-refractivity contribution in [1.82, 2.24) is 0 Å². The summed E-state index contributed by atoms with van der Waals surface area (Å²) < 4.78 is 0. The number of terminal acetylenes is 1. The molecule has 0 N–H and O–H groups in total. The predicted molar refractivity (Wildman–Crippen MR) is 78.0 cm³/mol. The smallest absolute Gasteiger partial charge is 0.141 e. The molecule has 2 aromatic carbocycles. The zero-order valence-electron chi connectivity index (χ0n) is 11.0. The van der Waals surface area contributed by atoms with Crippen molar-refractivity contribution >= 4 is 5.78 Å². The Morgan fingerprint density at radius 1 is 1.11 bits per heavy atom. The summed E-state index contributed by atoms with van der Waals surface area (Å²) in [5.41, 5.74) is 4.06. The summed E-state index contributed by atoms with van der Waals surface area (Å²) in [6, 6.07) is 15.6.